The summed E-state index contributed by atoms with van der Waals surface area (Å²) in [5.74, 6) is -0.314. The summed E-state index contributed by atoms with van der Waals surface area (Å²) in [6.07, 6.45) is 0. The zero-order chi connectivity index (χ0) is 11.7. The molecule has 0 amide bonds. The molecule has 2 aromatic rings. The van der Waals surface area contributed by atoms with Crippen LogP contribution in [-0.2, 0) is 6.61 Å². The molecule has 0 saturated heterocycles. The van der Waals surface area contributed by atoms with Crippen molar-refractivity contribution in [2.24, 2.45) is 0 Å². The third kappa shape index (κ3) is 1.88. The molecule has 16 heavy (non-hydrogen) atoms. The van der Waals surface area contributed by atoms with Crippen LogP contribution in [0.4, 0.5) is 4.39 Å². The van der Waals surface area contributed by atoms with E-state index in [4.69, 9.17) is 5.11 Å². The molecule has 1 nitrogen and oxygen atoms in total. The highest BCUT2D eigenvalue weighted by Gasteiger charge is 2.12. The topological polar surface area (TPSA) is 20.2 Å². The first-order valence-electron chi connectivity index (χ1n) is 5.09. The van der Waals surface area contributed by atoms with Crippen molar-refractivity contribution in [3.05, 3.63) is 45.4 Å². The van der Waals surface area contributed by atoms with Gasteiger partial charge in [0, 0.05) is 20.9 Å². The second kappa shape index (κ2) is 4.36. The quantitative estimate of drug-likeness (QED) is 0.843. The van der Waals surface area contributed by atoms with E-state index in [1.807, 2.05) is 19.9 Å². The first kappa shape index (κ1) is 11.3. The van der Waals surface area contributed by atoms with E-state index in [1.165, 1.54) is 4.88 Å². The summed E-state index contributed by atoms with van der Waals surface area (Å²) < 4.78 is 14.0. The van der Waals surface area contributed by atoms with Gasteiger partial charge in [-0.1, -0.05) is 18.2 Å². The summed E-state index contributed by atoms with van der Waals surface area (Å²) >= 11 is 1.66. The Kier molecular flexibility index (Phi) is 3.08. The molecule has 0 aliphatic heterocycles. The predicted octanol–water partition coefficient (Wildman–Crippen LogP) is 3.66. The molecule has 84 valence electrons. The number of hydrogen-bond donors (Lipinski definition) is 1. The minimum absolute atomic E-state index is 0.262. The highest BCUT2D eigenvalue weighted by molar-refractivity contribution is 7.12. The molecular weight excluding hydrogens is 223 g/mol. The monoisotopic (exact) mass is 236 g/mol. The average molecular weight is 236 g/mol. The van der Waals surface area contributed by atoms with E-state index in [-0.39, 0.29) is 12.4 Å². The van der Waals surface area contributed by atoms with E-state index in [2.05, 4.69) is 0 Å². The fourth-order valence-corrected chi connectivity index (χ4v) is 2.75. The summed E-state index contributed by atoms with van der Waals surface area (Å²) in [6.45, 7) is 3.73. The van der Waals surface area contributed by atoms with Crippen LogP contribution in [0.2, 0.25) is 0 Å². The molecule has 0 aliphatic carbocycles. The molecule has 0 saturated carbocycles. The first-order chi connectivity index (χ1) is 7.63. The van der Waals surface area contributed by atoms with Crippen LogP contribution in [0.5, 0.6) is 0 Å². The van der Waals surface area contributed by atoms with Gasteiger partial charge in [-0.25, -0.2) is 4.39 Å². The van der Waals surface area contributed by atoms with E-state index < -0.39 is 0 Å². The number of benzene rings is 1. The lowest BCUT2D eigenvalue weighted by atomic mass is 10.0. The van der Waals surface area contributed by atoms with Crippen LogP contribution in [0, 0.1) is 19.7 Å². The Balaban J connectivity index is 2.60. The molecule has 1 aromatic carbocycles. The van der Waals surface area contributed by atoms with Crippen LogP contribution >= 0.6 is 11.3 Å². The van der Waals surface area contributed by atoms with E-state index >= 15 is 0 Å². The van der Waals surface area contributed by atoms with Crippen LogP contribution < -0.4 is 0 Å². The van der Waals surface area contributed by atoms with Crippen LogP contribution in [0.3, 0.4) is 0 Å². The second-order valence-corrected chi connectivity index (χ2v) is 5.22. The van der Waals surface area contributed by atoms with Crippen molar-refractivity contribution in [2.75, 3.05) is 0 Å². The molecule has 0 atom stereocenters. The Labute approximate surface area is 98.2 Å². The molecule has 0 fully saturated rings. The molecule has 0 aliphatic rings. The van der Waals surface area contributed by atoms with E-state index in [1.54, 1.807) is 29.5 Å². The highest BCUT2D eigenvalue weighted by Crippen LogP contribution is 2.33. The second-order valence-electron chi connectivity index (χ2n) is 3.76. The predicted molar refractivity (Wildman–Crippen MR) is 65.1 cm³/mol. The van der Waals surface area contributed by atoms with E-state index in [0.717, 1.165) is 10.4 Å². The average Bonchev–Trinajstić information content (AvgIpc) is 2.58. The molecule has 0 radical (unpaired) electrons. The van der Waals surface area contributed by atoms with Gasteiger partial charge in [0.25, 0.3) is 0 Å². The lowest BCUT2D eigenvalue weighted by Crippen LogP contribution is -1.92. The maximum absolute atomic E-state index is 14.0. The lowest BCUT2D eigenvalue weighted by Gasteiger charge is -2.05. The molecular formula is C13H13FOS. The fraction of sp³-hybridized carbons (Fsp3) is 0.231. The molecule has 0 spiro atoms. The number of aliphatic hydroxyl groups excluding tert-OH is 1. The van der Waals surface area contributed by atoms with Crippen molar-refractivity contribution < 1.29 is 9.50 Å². The number of aryl methyl sites for hydroxylation is 2. The van der Waals surface area contributed by atoms with Crippen molar-refractivity contribution in [3.8, 4) is 11.1 Å². The maximum atomic E-state index is 14.0. The van der Waals surface area contributed by atoms with Crippen molar-refractivity contribution in [1.29, 1.82) is 0 Å². The molecule has 2 rings (SSSR count). The summed E-state index contributed by atoms with van der Waals surface area (Å²) in [5.41, 5.74) is 1.85. The Morgan fingerprint density at radius 2 is 2.00 bits per heavy atom. The lowest BCUT2D eigenvalue weighted by molar-refractivity contribution is 0.276. The van der Waals surface area contributed by atoms with Gasteiger partial charge in [0.05, 0.1) is 6.61 Å². The van der Waals surface area contributed by atoms with Crippen molar-refractivity contribution in [3.63, 3.8) is 0 Å². The van der Waals surface area contributed by atoms with Gasteiger partial charge in [-0.05, 0) is 25.5 Å². The zero-order valence-corrected chi connectivity index (χ0v) is 10.1. The number of hydrogen-bond acceptors (Lipinski definition) is 2. The fourth-order valence-electron chi connectivity index (χ4n) is 1.81. The summed E-state index contributed by atoms with van der Waals surface area (Å²) in [4.78, 5) is 2.27. The van der Waals surface area contributed by atoms with Gasteiger partial charge in [-0.3, -0.25) is 0 Å². The molecule has 0 unspecified atom stereocenters. The number of thiophene rings is 1. The van der Waals surface area contributed by atoms with Gasteiger partial charge >= 0.3 is 0 Å². The number of aliphatic hydroxyl groups is 1. The highest BCUT2D eigenvalue weighted by atomic mass is 32.1. The van der Waals surface area contributed by atoms with Gasteiger partial charge < -0.3 is 5.11 Å². The largest absolute Gasteiger partial charge is 0.392 e. The molecule has 1 heterocycles. The smallest absolute Gasteiger partial charge is 0.136 e. The minimum atomic E-state index is -0.314. The molecule has 1 aromatic heterocycles. The van der Waals surface area contributed by atoms with Crippen LogP contribution in [0.15, 0.2) is 24.3 Å². The van der Waals surface area contributed by atoms with Crippen molar-refractivity contribution in [2.45, 2.75) is 20.5 Å². The third-order valence-electron chi connectivity index (χ3n) is 2.58. The van der Waals surface area contributed by atoms with Crippen LogP contribution in [0.1, 0.15) is 15.3 Å². The molecule has 3 heteroatoms. The molecule has 1 N–H and O–H groups in total. The van der Waals surface area contributed by atoms with E-state index in [9.17, 15) is 4.39 Å². The molecule has 0 bridgehead atoms. The first-order valence-corrected chi connectivity index (χ1v) is 5.90. The summed E-state index contributed by atoms with van der Waals surface area (Å²) in [7, 11) is 0. The SMILES string of the molecule is Cc1cc(-c2cccc(CO)c2F)c(C)s1. The van der Waals surface area contributed by atoms with Crippen LogP contribution in [0.25, 0.3) is 11.1 Å². The number of halogens is 1. The van der Waals surface area contributed by atoms with Gasteiger partial charge in [-0.2, -0.15) is 0 Å². The van der Waals surface area contributed by atoms with E-state index in [0.29, 0.717) is 11.1 Å². The minimum Gasteiger partial charge on any atom is -0.392 e. The third-order valence-corrected chi connectivity index (χ3v) is 3.55. The Hall–Kier alpha value is -1.19. The number of rotatable bonds is 2. The summed E-state index contributed by atoms with van der Waals surface area (Å²) in [5, 5.41) is 9.03. The Morgan fingerprint density at radius 1 is 1.25 bits per heavy atom. The van der Waals surface area contributed by atoms with Gasteiger partial charge in [-0.15, -0.1) is 11.3 Å². The van der Waals surface area contributed by atoms with Gasteiger partial charge in [0.15, 0.2) is 0 Å². The van der Waals surface area contributed by atoms with Crippen molar-refractivity contribution in [1.82, 2.24) is 0 Å². The maximum Gasteiger partial charge on any atom is 0.136 e. The Morgan fingerprint density at radius 3 is 2.56 bits per heavy atom. The van der Waals surface area contributed by atoms with Crippen LogP contribution in [-0.4, -0.2) is 5.11 Å². The van der Waals surface area contributed by atoms with Crippen molar-refractivity contribution >= 4 is 11.3 Å². The Bertz CT molecular complexity index is 517. The normalized spacial score (nSPS) is 10.8. The zero-order valence-electron chi connectivity index (χ0n) is 9.25. The van der Waals surface area contributed by atoms with Gasteiger partial charge in [0.1, 0.15) is 5.82 Å². The van der Waals surface area contributed by atoms with Gasteiger partial charge in [0.2, 0.25) is 0 Å². The standard InChI is InChI=1S/C13H13FOS/c1-8-6-12(9(2)16-8)11-5-3-4-10(7-15)13(11)14/h3-6,15H,7H2,1-2H3. The summed E-state index contributed by atoms with van der Waals surface area (Å²) in [6, 6.07) is 7.12.